The van der Waals surface area contributed by atoms with E-state index < -0.39 is 5.63 Å². The maximum Gasteiger partial charge on any atom is 0.340 e. The van der Waals surface area contributed by atoms with Crippen LogP contribution in [0, 0.1) is 6.92 Å². The Bertz CT molecular complexity index is 909. The van der Waals surface area contributed by atoms with Crippen LogP contribution < -0.4 is 5.63 Å². The molecule has 3 aromatic rings. The summed E-state index contributed by atoms with van der Waals surface area (Å²) in [5.41, 5.74) is 1.90. The number of benzene rings is 2. The number of hydrogen-bond acceptors (Lipinski definition) is 3. The van der Waals surface area contributed by atoms with Gasteiger partial charge in [0.1, 0.15) is 11.3 Å². The first-order valence-corrected chi connectivity index (χ1v) is 7.41. The van der Waals surface area contributed by atoms with E-state index in [0.29, 0.717) is 33.2 Å². The highest BCUT2D eigenvalue weighted by Gasteiger charge is 2.15. The number of phenols is 1. The molecule has 0 fully saturated rings. The Morgan fingerprint density at radius 1 is 1.09 bits per heavy atom. The van der Waals surface area contributed by atoms with Crippen LogP contribution in [0.4, 0.5) is 0 Å². The van der Waals surface area contributed by atoms with Crippen LogP contribution in [0.1, 0.15) is 16.7 Å². The predicted molar refractivity (Wildman–Crippen MR) is 88.2 cm³/mol. The van der Waals surface area contributed by atoms with Gasteiger partial charge in [-0.15, -0.1) is 0 Å². The van der Waals surface area contributed by atoms with Gasteiger partial charge in [0.25, 0.3) is 0 Å². The monoisotopic (exact) mass is 334 g/mol. The minimum atomic E-state index is -0.452. The molecule has 0 aliphatic carbocycles. The fourth-order valence-corrected chi connectivity index (χ4v) is 3.00. The van der Waals surface area contributed by atoms with E-state index >= 15 is 0 Å². The van der Waals surface area contributed by atoms with Crippen LogP contribution in [0.3, 0.4) is 0 Å². The summed E-state index contributed by atoms with van der Waals surface area (Å²) in [4.78, 5) is 12.3. The summed E-state index contributed by atoms with van der Waals surface area (Å²) >= 11 is 12.3. The van der Waals surface area contributed by atoms with Gasteiger partial charge in [0.05, 0.1) is 0 Å². The highest BCUT2D eigenvalue weighted by Crippen LogP contribution is 2.29. The van der Waals surface area contributed by atoms with Crippen molar-refractivity contribution in [2.45, 2.75) is 13.3 Å². The smallest absolute Gasteiger partial charge is 0.340 e. The van der Waals surface area contributed by atoms with Gasteiger partial charge >= 0.3 is 5.63 Å². The van der Waals surface area contributed by atoms with Crippen molar-refractivity contribution in [2.24, 2.45) is 0 Å². The van der Waals surface area contributed by atoms with Crippen molar-refractivity contribution in [3.63, 3.8) is 0 Å². The van der Waals surface area contributed by atoms with Crippen molar-refractivity contribution in [1.82, 2.24) is 0 Å². The van der Waals surface area contributed by atoms with E-state index in [1.54, 1.807) is 30.3 Å². The number of halogens is 2. The topological polar surface area (TPSA) is 50.4 Å². The standard InChI is InChI=1S/C17H12Cl2O3/c1-9-11-6-5-10(20)7-16(11)22-17(21)12(9)8-13-14(18)3-2-4-15(13)19/h2-7,20H,8H2,1H3. The molecule has 0 saturated carbocycles. The Morgan fingerprint density at radius 3 is 2.45 bits per heavy atom. The second-order valence-corrected chi connectivity index (χ2v) is 5.86. The molecule has 1 N–H and O–H groups in total. The summed E-state index contributed by atoms with van der Waals surface area (Å²) in [6.45, 7) is 1.84. The van der Waals surface area contributed by atoms with Gasteiger partial charge in [-0.3, -0.25) is 0 Å². The summed E-state index contributed by atoms with van der Waals surface area (Å²) in [6, 6.07) is 9.93. The van der Waals surface area contributed by atoms with Gasteiger partial charge in [0, 0.05) is 33.5 Å². The number of rotatable bonds is 2. The number of aryl methyl sites for hydroxylation is 1. The van der Waals surface area contributed by atoms with E-state index in [0.717, 1.165) is 10.9 Å². The summed E-state index contributed by atoms with van der Waals surface area (Å²) in [5.74, 6) is 0.0527. The summed E-state index contributed by atoms with van der Waals surface area (Å²) in [5, 5.41) is 11.3. The van der Waals surface area contributed by atoms with Crippen LogP contribution in [0.15, 0.2) is 45.6 Å². The lowest BCUT2D eigenvalue weighted by Crippen LogP contribution is -2.11. The molecular formula is C17H12Cl2O3. The molecule has 1 aromatic heterocycles. The lowest BCUT2D eigenvalue weighted by molar-refractivity contribution is 0.472. The molecule has 0 saturated heterocycles. The van der Waals surface area contributed by atoms with Crippen molar-refractivity contribution in [3.8, 4) is 5.75 Å². The van der Waals surface area contributed by atoms with Gasteiger partial charge in [-0.1, -0.05) is 29.3 Å². The van der Waals surface area contributed by atoms with Crippen LogP contribution in [-0.2, 0) is 6.42 Å². The lowest BCUT2D eigenvalue weighted by Gasteiger charge is -2.10. The van der Waals surface area contributed by atoms with Gasteiger partial charge in [-0.25, -0.2) is 4.79 Å². The van der Waals surface area contributed by atoms with E-state index in [9.17, 15) is 9.90 Å². The second-order valence-electron chi connectivity index (χ2n) is 5.05. The molecule has 0 radical (unpaired) electrons. The number of aromatic hydroxyl groups is 1. The van der Waals surface area contributed by atoms with E-state index in [2.05, 4.69) is 0 Å². The molecule has 1 heterocycles. The highest BCUT2D eigenvalue weighted by molar-refractivity contribution is 6.36. The molecule has 0 aliphatic heterocycles. The third-order valence-corrected chi connectivity index (χ3v) is 4.39. The molecule has 0 amide bonds. The Hall–Kier alpha value is -1.97. The molecule has 3 nitrogen and oxygen atoms in total. The Labute approximate surface area is 136 Å². The molecule has 5 heteroatoms. The van der Waals surface area contributed by atoms with Gasteiger partial charge in [-0.2, -0.15) is 0 Å². The normalized spacial score (nSPS) is 11.0. The van der Waals surface area contributed by atoms with E-state index in [-0.39, 0.29) is 5.75 Å². The Balaban J connectivity index is 2.20. The van der Waals surface area contributed by atoms with Gasteiger partial charge in [0.15, 0.2) is 0 Å². The van der Waals surface area contributed by atoms with Gasteiger partial charge in [-0.05, 0) is 42.3 Å². The predicted octanol–water partition coefficient (Wildman–Crippen LogP) is 4.70. The van der Waals surface area contributed by atoms with E-state index in [1.165, 1.54) is 6.07 Å². The van der Waals surface area contributed by atoms with Gasteiger partial charge in [0.2, 0.25) is 0 Å². The average molecular weight is 335 g/mol. The molecule has 0 spiro atoms. The lowest BCUT2D eigenvalue weighted by atomic mass is 9.99. The Kier molecular flexibility index (Phi) is 3.85. The van der Waals surface area contributed by atoms with E-state index in [1.807, 2.05) is 6.92 Å². The molecular weight excluding hydrogens is 323 g/mol. The van der Waals surface area contributed by atoms with Crippen molar-refractivity contribution in [2.75, 3.05) is 0 Å². The molecule has 112 valence electrons. The first-order chi connectivity index (χ1) is 10.5. The van der Waals surface area contributed by atoms with E-state index in [4.69, 9.17) is 27.6 Å². The van der Waals surface area contributed by atoms with Crippen molar-refractivity contribution in [1.29, 1.82) is 0 Å². The zero-order valence-electron chi connectivity index (χ0n) is 11.7. The largest absolute Gasteiger partial charge is 0.508 e. The Morgan fingerprint density at radius 2 is 1.77 bits per heavy atom. The minimum Gasteiger partial charge on any atom is -0.508 e. The van der Waals surface area contributed by atoms with Crippen LogP contribution in [0.25, 0.3) is 11.0 Å². The van der Waals surface area contributed by atoms with Crippen LogP contribution >= 0.6 is 23.2 Å². The zero-order chi connectivity index (χ0) is 15.9. The molecule has 0 atom stereocenters. The third kappa shape index (κ3) is 2.58. The fourth-order valence-electron chi connectivity index (χ4n) is 2.47. The number of fused-ring (bicyclic) bond motifs is 1. The maximum absolute atomic E-state index is 12.3. The minimum absolute atomic E-state index is 0.0527. The molecule has 0 unspecified atom stereocenters. The molecule has 0 bridgehead atoms. The van der Waals surface area contributed by atoms with Crippen molar-refractivity contribution >= 4 is 34.2 Å². The number of hydrogen-bond donors (Lipinski definition) is 1. The van der Waals surface area contributed by atoms with Crippen molar-refractivity contribution in [3.05, 3.63) is 73.6 Å². The molecule has 0 aliphatic rings. The SMILES string of the molecule is Cc1c(Cc2c(Cl)cccc2Cl)c(=O)oc2cc(O)ccc12. The molecule has 22 heavy (non-hydrogen) atoms. The number of phenolic OH excluding ortho intramolecular Hbond substituents is 1. The first-order valence-electron chi connectivity index (χ1n) is 6.65. The van der Waals surface area contributed by atoms with Crippen LogP contribution in [-0.4, -0.2) is 5.11 Å². The quantitative estimate of drug-likeness (QED) is 0.690. The maximum atomic E-state index is 12.3. The zero-order valence-corrected chi connectivity index (χ0v) is 13.2. The van der Waals surface area contributed by atoms with Crippen LogP contribution in [0.2, 0.25) is 10.0 Å². The first kappa shape index (κ1) is 14.9. The highest BCUT2D eigenvalue weighted by atomic mass is 35.5. The van der Waals surface area contributed by atoms with Crippen molar-refractivity contribution < 1.29 is 9.52 Å². The average Bonchev–Trinajstić information content (AvgIpc) is 2.45. The third-order valence-electron chi connectivity index (χ3n) is 3.69. The van der Waals surface area contributed by atoms with Crippen LogP contribution in [0.5, 0.6) is 5.75 Å². The summed E-state index contributed by atoms with van der Waals surface area (Å²) in [7, 11) is 0. The molecule has 2 aromatic carbocycles. The molecule has 3 rings (SSSR count). The fraction of sp³-hybridized carbons (Fsp3) is 0.118. The summed E-state index contributed by atoms with van der Waals surface area (Å²) in [6.07, 6.45) is 0.295. The summed E-state index contributed by atoms with van der Waals surface area (Å²) < 4.78 is 5.30. The van der Waals surface area contributed by atoms with Gasteiger partial charge < -0.3 is 9.52 Å². The second kappa shape index (κ2) is 5.67.